The fraction of sp³-hybridized carbons (Fsp3) is 0.231. The predicted molar refractivity (Wildman–Crippen MR) is 138 cm³/mol. The number of amides is 3. The van der Waals surface area contributed by atoms with Gasteiger partial charge in [-0.1, -0.05) is 44.2 Å². The number of carbonyl (C=O) groups excluding carboxylic acids is 2. The van der Waals surface area contributed by atoms with E-state index in [9.17, 15) is 18.0 Å². The molecule has 3 amide bonds. The van der Waals surface area contributed by atoms with Crippen LogP contribution in [-0.2, 0) is 10.0 Å². The number of nitrogens with zero attached hydrogens (tertiary/aromatic N) is 1. The molecule has 0 aliphatic rings. The van der Waals surface area contributed by atoms with E-state index in [1.807, 2.05) is 37.3 Å². The molecule has 3 rings (SSSR count). The van der Waals surface area contributed by atoms with Crippen LogP contribution < -0.4 is 16.0 Å². The Labute approximate surface area is 206 Å². The van der Waals surface area contributed by atoms with E-state index in [4.69, 9.17) is 0 Å². The molecule has 8 nitrogen and oxygen atoms in total. The quantitative estimate of drug-likeness (QED) is 0.395. The van der Waals surface area contributed by atoms with Gasteiger partial charge >= 0.3 is 6.03 Å². The first-order chi connectivity index (χ1) is 16.7. The van der Waals surface area contributed by atoms with Gasteiger partial charge in [-0.2, -0.15) is 4.31 Å². The molecule has 1 atom stereocenters. The fourth-order valence-electron chi connectivity index (χ4n) is 3.52. The molecule has 0 aliphatic heterocycles. The highest BCUT2D eigenvalue weighted by molar-refractivity contribution is 7.89. The highest BCUT2D eigenvalue weighted by Crippen LogP contribution is 2.19. The van der Waals surface area contributed by atoms with Crippen LogP contribution in [0.5, 0.6) is 0 Å². The summed E-state index contributed by atoms with van der Waals surface area (Å²) in [6.07, 6.45) is 0. The highest BCUT2D eigenvalue weighted by Gasteiger charge is 2.22. The van der Waals surface area contributed by atoms with Crippen molar-refractivity contribution in [3.8, 4) is 0 Å². The van der Waals surface area contributed by atoms with Crippen molar-refractivity contribution in [2.45, 2.75) is 31.7 Å². The Balaban J connectivity index is 1.58. The molecule has 0 bridgehead atoms. The maximum atomic E-state index is 12.7. The summed E-state index contributed by atoms with van der Waals surface area (Å²) in [5.74, 6) is -0.311. The molecule has 3 N–H and O–H groups in total. The third kappa shape index (κ3) is 6.68. The average Bonchev–Trinajstić information content (AvgIpc) is 2.85. The van der Waals surface area contributed by atoms with Crippen molar-refractivity contribution in [2.75, 3.05) is 23.7 Å². The van der Waals surface area contributed by atoms with Crippen molar-refractivity contribution < 1.29 is 18.0 Å². The van der Waals surface area contributed by atoms with E-state index in [0.29, 0.717) is 30.0 Å². The molecule has 0 aromatic heterocycles. The van der Waals surface area contributed by atoms with E-state index in [2.05, 4.69) is 16.0 Å². The number of hydrogen-bond acceptors (Lipinski definition) is 4. The molecule has 0 radical (unpaired) electrons. The Morgan fingerprint density at radius 2 is 1.34 bits per heavy atom. The summed E-state index contributed by atoms with van der Waals surface area (Å²) in [5, 5.41) is 8.43. The lowest BCUT2D eigenvalue weighted by molar-refractivity contribution is 0.0939. The molecule has 35 heavy (non-hydrogen) atoms. The molecule has 0 saturated heterocycles. The predicted octanol–water partition coefficient (Wildman–Crippen LogP) is 4.85. The standard InChI is InChI=1S/C26H30N4O4S/c1-4-30(5-2)35(33,34)24-17-13-21(14-18-24)25(31)27-19(3)20-11-15-23(16-12-20)29-26(32)28-22-9-7-6-8-10-22/h6-19H,4-5H2,1-3H3,(H,27,31)(H2,28,29,32). The number of hydrogen-bond donors (Lipinski definition) is 3. The SMILES string of the molecule is CCN(CC)S(=O)(=O)c1ccc(C(=O)NC(C)c2ccc(NC(=O)Nc3ccccc3)cc2)cc1. The minimum atomic E-state index is -3.57. The van der Waals surface area contributed by atoms with Gasteiger partial charge in [0.2, 0.25) is 10.0 Å². The molecular weight excluding hydrogens is 464 g/mol. The van der Waals surface area contributed by atoms with E-state index < -0.39 is 10.0 Å². The summed E-state index contributed by atoms with van der Waals surface area (Å²) < 4.78 is 26.6. The molecule has 184 valence electrons. The van der Waals surface area contributed by atoms with Gasteiger partial charge in [0.1, 0.15) is 0 Å². The Morgan fingerprint density at radius 3 is 1.89 bits per heavy atom. The van der Waals surface area contributed by atoms with Crippen LogP contribution in [0.2, 0.25) is 0 Å². The van der Waals surface area contributed by atoms with Crippen molar-refractivity contribution in [1.29, 1.82) is 0 Å². The van der Waals surface area contributed by atoms with Gasteiger partial charge < -0.3 is 16.0 Å². The van der Waals surface area contributed by atoms with Crippen molar-refractivity contribution in [3.05, 3.63) is 90.0 Å². The maximum absolute atomic E-state index is 12.7. The smallest absolute Gasteiger partial charge is 0.323 e. The Hall–Kier alpha value is -3.69. The average molecular weight is 495 g/mol. The first-order valence-electron chi connectivity index (χ1n) is 11.4. The summed E-state index contributed by atoms with van der Waals surface area (Å²) in [4.78, 5) is 25.0. The number of rotatable bonds is 9. The van der Waals surface area contributed by atoms with Crippen molar-refractivity contribution in [3.63, 3.8) is 0 Å². The third-order valence-electron chi connectivity index (χ3n) is 5.51. The van der Waals surface area contributed by atoms with Crippen molar-refractivity contribution >= 4 is 33.3 Å². The van der Waals surface area contributed by atoms with Gasteiger partial charge in [-0.25, -0.2) is 13.2 Å². The minimum Gasteiger partial charge on any atom is -0.346 e. The van der Waals surface area contributed by atoms with Gasteiger partial charge in [-0.15, -0.1) is 0 Å². The zero-order valence-electron chi connectivity index (χ0n) is 20.0. The van der Waals surface area contributed by atoms with E-state index in [1.54, 1.807) is 38.1 Å². The van der Waals surface area contributed by atoms with Gasteiger partial charge in [-0.05, 0) is 61.0 Å². The Kier molecular flexibility index (Phi) is 8.62. The lowest BCUT2D eigenvalue weighted by atomic mass is 10.1. The largest absolute Gasteiger partial charge is 0.346 e. The number of sulfonamides is 1. The Morgan fingerprint density at radius 1 is 0.800 bits per heavy atom. The minimum absolute atomic E-state index is 0.158. The summed E-state index contributed by atoms with van der Waals surface area (Å²) >= 11 is 0. The highest BCUT2D eigenvalue weighted by atomic mass is 32.2. The number of para-hydroxylation sites is 1. The third-order valence-corrected chi connectivity index (χ3v) is 7.57. The summed E-state index contributed by atoms with van der Waals surface area (Å²) in [6, 6.07) is 21.6. The van der Waals surface area contributed by atoms with E-state index >= 15 is 0 Å². The van der Waals surface area contributed by atoms with Crippen LogP contribution >= 0.6 is 0 Å². The van der Waals surface area contributed by atoms with Gasteiger partial charge in [0, 0.05) is 30.0 Å². The molecule has 9 heteroatoms. The lowest BCUT2D eigenvalue weighted by Gasteiger charge is -2.19. The van der Waals surface area contributed by atoms with Crippen LogP contribution in [0.1, 0.15) is 42.7 Å². The van der Waals surface area contributed by atoms with E-state index in [0.717, 1.165) is 5.56 Å². The zero-order chi connectivity index (χ0) is 25.4. The monoisotopic (exact) mass is 494 g/mol. The van der Waals surface area contributed by atoms with Crippen LogP contribution in [0.3, 0.4) is 0 Å². The van der Waals surface area contributed by atoms with Crippen LogP contribution in [0, 0.1) is 0 Å². The zero-order valence-corrected chi connectivity index (χ0v) is 20.8. The molecule has 0 aliphatic carbocycles. The van der Waals surface area contributed by atoms with Crippen molar-refractivity contribution in [2.24, 2.45) is 0 Å². The summed E-state index contributed by atoms with van der Waals surface area (Å²) in [7, 11) is -3.57. The second-order valence-electron chi connectivity index (χ2n) is 7.88. The van der Waals surface area contributed by atoms with Gasteiger partial charge in [-0.3, -0.25) is 4.79 Å². The normalized spacial score (nSPS) is 12.1. The first kappa shape index (κ1) is 25.9. The molecule has 0 saturated carbocycles. The van der Waals surface area contributed by atoms with Crippen LogP contribution in [0.4, 0.5) is 16.2 Å². The van der Waals surface area contributed by atoms with Crippen molar-refractivity contribution in [1.82, 2.24) is 9.62 Å². The van der Waals surface area contributed by atoms with Crippen LogP contribution in [0.25, 0.3) is 0 Å². The summed E-state index contributed by atoms with van der Waals surface area (Å²) in [5.41, 5.74) is 2.53. The van der Waals surface area contributed by atoms with Crippen LogP contribution in [0.15, 0.2) is 83.8 Å². The van der Waals surface area contributed by atoms with Gasteiger partial charge in [0.25, 0.3) is 5.91 Å². The fourth-order valence-corrected chi connectivity index (χ4v) is 4.98. The number of urea groups is 1. The molecule has 0 heterocycles. The molecule has 3 aromatic rings. The number of carbonyl (C=O) groups is 2. The topological polar surface area (TPSA) is 108 Å². The second-order valence-corrected chi connectivity index (χ2v) is 9.81. The molecule has 0 fully saturated rings. The molecule has 1 unspecified atom stereocenters. The summed E-state index contributed by atoms with van der Waals surface area (Å²) in [6.45, 7) is 6.18. The lowest BCUT2D eigenvalue weighted by Crippen LogP contribution is -2.30. The number of nitrogens with one attached hydrogen (secondary N) is 3. The van der Waals surface area contributed by atoms with E-state index in [-0.39, 0.29) is 22.9 Å². The van der Waals surface area contributed by atoms with Crippen LogP contribution in [-0.4, -0.2) is 37.8 Å². The molecule has 3 aromatic carbocycles. The maximum Gasteiger partial charge on any atom is 0.323 e. The molecular formula is C26H30N4O4S. The van der Waals surface area contributed by atoms with E-state index in [1.165, 1.54) is 28.6 Å². The number of benzene rings is 3. The Bertz CT molecular complexity index is 1240. The molecule has 0 spiro atoms. The van der Waals surface area contributed by atoms with Gasteiger partial charge in [0.15, 0.2) is 0 Å². The second kappa shape index (κ2) is 11.6. The van der Waals surface area contributed by atoms with Gasteiger partial charge in [0.05, 0.1) is 10.9 Å². The number of anilines is 2. The first-order valence-corrected chi connectivity index (χ1v) is 12.8.